The van der Waals surface area contributed by atoms with E-state index in [4.69, 9.17) is 15.2 Å². The molecule has 220 valence electrons. The summed E-state index contributed by atoms with van der Waals surface area (Å²) < 4.78 is 11.1. The number of nitrogens with one attached hydrogen (secondary N) is 2. The van der Waals surface area contributed by atoms with E-state index in [-0.39, 0.29) is 44.3 Å². The van der Waals surface area contributed by atoms with Crippen molar-refractivity contribution in [3.05, 3.63) is 29.3 Å². The van der Waals surface area contributed by atoms with Crippen molar-refractivity contribution in [2.75, 3.05) is 38.2 Å². The van der Waals surface area contributed by atoms with Crippen molar-refractivity contribution in [3.8, 4) is 0 Å². The van der Waals surface area contributed by atoms with Crippen LogP contribution in [0.1, 0.15) is 75.2 Å². The van der Waals surface area contributed by atoms with Crippen LogP contribution in [0.3, 0.4) is 0 Å². The molecule has 1 unspecified atom stereocenters. The Kier molecular flexibility index (Phi) is 11.0. The van der Waals surface area contributed by atoms with Crippen LogP contribution >= 0.6 is 0 Å². The van der Waals surface area contributed by atoms with Crippen molar-refractivity contribution in [1.29, 1.82) is 0 Å². The minimum Gasteiger partial charge on any atom is -0.444 e. The van der Waals surface area contributed by atoms with Gasteiger partial charge in [-0.1, -0.05) is 0 Å². The number of imide groups is 1. The van der Waals surface area contributed by atoms with Gasteiger partial charge in [0.2, 0.25) is 17.7 Å². The number of nitrogens with two attached hydrogens (primary N) is 1. The highest BCUT2D eigenvalue weighted by atomic mass is 16.6. The van der Waals surface area contributed by atoms with Crippen LogP contribution in [-0.2, 0) is 30.4 Å². The monoisotopic (exact) mass is 559 g/mol. The minimum absolute atomic E-state index is 0.174. The first-order valence-corrected chi connectivity index (χ1v) is 13.8. The Bertz CT molecular complexity index is 1100. The first kappa shape index (κ1) is 31.0. The fraction of sp³-hybridized carbons (Fsp3) is 0.607. The highest BCUT2D eigenvalue weighted by Gasteiger charge is 2.39. The maximum atomic E-state index is 12.9. The second-order valence-corrected chi connectivity index (χ2v) is 11.0. The Morgan fingerprint density at radius 2 is 1.88 bits per heavy atom. The molecular weight excluding hydrogens is 518 g/mol. The zero-order chi connectivity index (χ0) is 29.3. The lowest BCUT2D eigenvalue weighted by molar-refractivity contribution is -0.137. The van der Waals surface area contributed by atoms with E-state index in [1.807, 2.05) is 0 Å². The Hall–Kier alpha value is -3.51. The summed E-state index contributed by atoms with van der Waals surface area (Å²) in [7, 11) is 0. The molecule has 12 nitrogen and oxygen atoms in total. The molecule has 1 atom stereocenters. The van der Waals surface area contributed by atoms with Gasteiger partial charge >= 0.3 is 6.09 Å². The maximum absolute atomic E-state index is 12.9. The number of fused-ring (bicyclic) bond motifs is 1. The molecule has 0 radical (unpaired) electrons. The average molecular weight is 560 g/mol. The number of benzene rings is 1. The van der Waals surface area contributed by atoms with E-state index >= 15 is 0 Å². The average Bonchev–Trinajstić information content (AvgIpc) is 3.19. The first-order chi connectivity index (χ1) is 19.0. The van der Waals surface area contributed by atoms with Crippen molar-refractivity contribution in [3.63, 3.8) is 0 Å². The third-order valence-electron chi connectivity index (χ3n) is 6.50. The van der Waals surface area contributed by atoms with Gasteiger partial charge < -0.3 is 25.4 Å². The molecule has 1 aromatic carbocycles. The van der Waals surface area contributed by atoms with E-state index in [0.717, 1.165) is 19.3 Å². The number of hydrogen-bond donors (Lipinski definition) is 3. The zero-order valence-corrected chi connectivity index (χ0v) is 23.6. The van der Waals surface area contributed by atoms with Crippen LogP contribution in [0.2, 0.25) is 0 Å². The van der Waals surface area contributed by atoms with Crippen LogP contribution in [0.4, 0.5) is 10.5 Å². The van der Waals surface area contributed by atoms with Gasteiger partial charge in [-0.05, 0) is 83.2 Å². The van der Waals surface area contributed by atoms with E-state index in [9.17, 15) is 24.0 Å². The van der Waals surface area contributed by atoms with Crippen LogP contribution in [0.15, 0.2) is 18.2 Å². The molecule has 2 aliphatic rings. The smallest absolute Gasteiger partial charge is 0.410 e. The lowest BCUT2D eigenvalue weighted by Crippen LogP contribution is -2.52. The van der Waals surface area contributed by atoms with Crippen molar-refractivity contribution in [1.82, 2.24) is 15.1 Å². The highest BCUT2D eigenvalue weighted by molar-refractivity contribution is 6.05. The molecule has 1 saturated heterocycles. The normalized spacial score (nSPS) is 16.9. The predicted octanol–water partition coefficient (Wildman–Crippen LogP) is 2.16. The van der Waals surface area contributed by atoms with Crippen molar-refractivity contribution < 1.29 is 33.4 Å². The van der Waals surface area contributed by atoms with Crippen LogP contribution in [0.5, 0.6) is 0 Å². The maximum Gasteiger partial charge on any atom is 0.410 e. The van der Waals surface area contributed by atoms with Crippen molar-refractivity contribution in [2.45, 2.75) is 77.5 Å². The van der Waals surface area contributed by atoms with E-state index < -0.39 is 29.6 Å². The molecule has 2 heterocycles. The summed E-state index contributed by atoms with van der Waals surface area (Å²) in [5.74, 6) is -1.54. The Labute approximate surface area is 234 Å². The number of rotatable bonds is 13. The van der Waals surface area contributed by atoms with Crippen LogP contribution in [-0.4, -0.2) is 84.0 Å². The first-order valence-electron chi connectivity index (χ1n) is 13.8. The quantitative estimate of drug-likeness (QED) is 0.245. The molecule has 0 spiro atoms. The number of piperidine rings is 1. The van der Waals surface area contributed by atoms with Crippen molar-refractivity contribution >= 4 is 35.4 Å². The summed E-state index contributed by atoms with van der Waals surface area (Å²) in [6.07, 6.45) is 3.29. The molecule has 40 heavy (non-hydrogen) atoms. The van der Waals surface area contributed by atoms with Gasteiger partial charge in [-0.3, -0.25) is 29.4 Å². The van der Waals surface area contributed by atoms with Gasteiger partial charge in [-0.2, -0.15) is 0 Å². The minimum atomic E-state index is -0.716. The summed E-state index contributed by atoms with van der Waals surface area (Å²) in [4.78, 5) is 65.1. The Morgan fingerprint density at radius 1 is 1.12 bits per heavy atom. The zero-order valence-electron chi connectivity index (χ0n) is 23.6. The van der Waals surface area contributed by atoms with E-state index in [0.29, 0.717) is 43.0 Å². The molecule has 12 heteroatoms. The van der Waals surface area contributed by atoms with Crippen LogP contribution in [0.25, 0.3) is 0 Å². The van der Waals surface area contributed by atoms with E-state index in [2.05, 4.69) is 10.6 Å². The second kappa shape index (κ2) is 14.2. The van der Waals surface area contributed by atoms with Gasteiger partial charge in [0, 0.05) is 44.0 Å². The number of unbranched alkanes of at least 4 members (excludes halogenated alkanes) is 2. The summed E-state index contributed by atoms with van der Waals surface area (Å²) in [6, 6.07) is 4.19. The second-order valence-electron chi connectivity index (χ2n) is 11.0. The molecule has 1 fully saturated rings. The number of carbonyl (C=O) groups is 5. The number of hydrogen-bond acceptors (Lipinski definition) is 8. The molecule has 4 N–H and O–H groups in total. The summed E-state index contributed by atoms with van der Waals surface area (Å²) in [5, 5.41) is 5.07. The topological polar surface area (TPSA) is 160 Å². The molecule has 0 bridgehead atoms. The lowest BCUT2D eigenvalue weighted by atomic mass is 10.0. The molecule has 5 amide bonds. The standard InChI is InChI=1S/C28H41N5O7/c1-28(2,3)40-27(38)32(13-7-15-39-14-6-4-5-12-29)18-24(35)30-20-8-9-21-19(16-20)17-33(26(21)37)22-10-11-23(34)31-25(22)36/h8-9,16,22H,4-7,10-15,17-18,29H2,1-3H3,(H,30,35)(H,31,34,36). The number of amides is 5. The van der Waals surface area contributed by atoms with Gasteiger partial charge in [-0.25, -0.2) is 4.79 Å². The molecule has 3 rings (SSSR count). The Morgan fingerprint density at radius 3 is 2.58 bits per heavy atom. The molecule has 0 aliphatic carbocycles. The lowest BCUT2D eigenvalue weighted by Gasteiger charge is -2.29. The van der Waals surface area contributed by atoms with Gasteiger partial charge in [0.15, 0.2) is 0 Å². The fourth-order valence-corrected chi connectivity index (χ4v) is 4.57. The van der Waals surface area contributed by atoms with Crippen LogP contribution < -0.4 is 16.4 Å². The van der Waals surface area contributed by atoms with Gasteiger partial charge in [0.25, 0.3) is 5.91 Å². The van der Waals surface area contributed by atoms with Gasteiger partial charge in [0.05, 0.1) is 0 Å². The Balaban J connectivity index is 1.56. The third kappa shape index (κ3) is 9.02. The molecule has 0 saturated carbocycles. The number of ether oxygens (including phenoxy) is 2. The molecular formula is C28H41N5O7. The summed E-state index contributed by atoms with van der Waals surface area (Å²) >= 11 is 0. The SMILES string of the molecule is CC(C)(C)OC(=O)N(CCCOCCCCCN)CC(=O)Nc1ccc2c(c1)CN(C1CCC(=O)NC1=O)C2=O. The van der Waals surface area contributed by atoms with E-state index in [1.54, 1.807) is 39.0 Å². The van der Waals surface area contributed by atoms with Gasteiger partial charge in [0.1, 0.15) is 18.2 Å². The van der Waals surface area contributed by atoms with Gasteiger partial charge in [-0.15, -0.1) is 0 Å². The fourth-order valence-electron chi connectivity index (χ4n) is 4.57. The molecule has 2 aliphatic heterocycles. The third-order valence-corrected chi connectivity index (χ3v) is 6.50. The number of nitrogens with zero attached hydrogens (tertiary/aromatic N) is 2. The molecule has 1 aromatic rings. The molecule has 0 aromatic heterocycles. The predicted molar refractivity (Wildman–Crippen MR) is 147 cm³/mol. The number of anilines is 1. The highest BCUT2D eigenvalue weighted by Crippen LogP contribution is 2.29. The van der Waals surface area contributed by atoms with E-state index in [1.165, 1.54) is 9.80 Å². The summed E-state index contributed by atoms with van der Waals surface area (Å²) in [6.45, 7) is 7.28. The van der Waals surface area contributed by atoms with Crippen LogP contribution in [0, 0.1) is 0 Å². The number of carbonyl (C=O) groups excluding carboxylic acids is 5. The van der Waals surface area contributed by atoms with Crippen molar-refractivity contribution in [2.24, 2.45) is 5.73 Å². The largest absolute Gasteiger partial charge is 0.444 e. The summed E-state index contributed by atoms with van der Waals surface area (Å²) in [5.41, 5.74) is 6.36.